The molecule has 1 aromatic carbocycles. The van der Waals surface area contributed by atoms with E-state index in [1.54, 1.807) is 42.5 Å². The van der Waals surface area contributed by atoms with Gasteiger partial charge in [0.05, 0.1) is 12.2 Å². The standard InChI is InChI=1S/C15H13N3O4/c19-14(20)10-22-13-7-2-1-5-11(13)9-17-18-15(21)12-6-3-4-8-16-12/h1-9H,10H2,(H,18,21)(H,19,20)/p-1. The summed E-state index contributed by atoms with van der Waals surface area (Å²) in [6.45, 7) is -0.564. The third-order valence-electron chi connectivity index (χ3n) is 2.53. The SMILES string of the molecule is O=C([O-])COc1ccccc1C=NNC(=O)c1ccccn1. The molecule has 112 valence electrons. The first kappa shape index (κ1) is 15.2. The van der Waals surface area contributed by atoms with Gasteiger partial charge in [0.25, 0.3) is 5.91 Å². The number of rotatable bonds is 6. The molecule has 1 heterocycles. The summed E-state index contributed by atoms with van der Waals surface area (Å²) in [5, 5.41) is 14.2. The first-order valence-corrected chi connectivity index (χ1v) is 6.33. The minimum atomic E-state index is -1.32. The maximum atomic E-state index is 11.7. The molecule has 22 heavy (non-hydrogen) atoms. The molecule has 1 aromatic heterocycles. The molecule has 0 unspecified atom stereocenters. The number of carbonyl (C=O) groups excluding carboxylic acids is 2. The highest BCUT2D eigenvalue weighted by Crippen LogP contribution is 2.15. The van der Waals surface area contributed by atoms with Crippen LogP contribution in [0, 0.1) is 0 Å². The average molecular weight is 298 g/mol. The molecule has 0 saturated carbocycles. The van der Waals surface area contributed by atoms with E-state index in [2.05, 4.69) is 15.5 Å². The summed E-state index contributed by atoms with van der Waals surface area (Å²) in [5.41, 5.74) is 3.08. The van der Waals surface area contributed by atoms with Gasteiger partial charge < -0.3 is 14.6 Å². The maximum absolute atomic E-state index is 11.7. The Kier molecular flexibility index (Phi) is 5.20. The number of ether oxygens (including phenoxy) is 1. The van der Waals surface area contributed by atoms with E-state index in [4.69, 9.17) is 4.74 Å². The van der Waals surface area contributed by atoms with Crippen LogP contribution in [0.3, 0.4) is 0 Å². The number of nitrogens with one attached hydrogen (secondary N) is 1. The summed E-state index contributed by atoms with van der Waals surface area (Å²) >= 11 is 0. The van der Waals surface area contributed by atoms with Crippen LogP contribution in [-0.4, -0.2) is 29.7 Å². The number of para-hydroxylation sites is 1. The number of carboxylic acid groups (broad SMARTS) is 1. The smallest absolute Gasteiger partial charge is 0.289 e. The average Bonchev–Trinajstić information content (AvgIpc) is 2.54. The van der Waals surface area contributed by atoms with E-state index < -0.39 is 18.5 Å². The Labute approximate surface area is 126 Å². The molecule has 2 rings (SSSR count). The minimum absolute atomic E-state index is 0.237. The molecule has 0 bridgehead atoms. The summed E-state index contributed by atoms with van der Waals surface area (Å²) in [5.74, 6) is -1.46. The molecular formula is C15H12N3O4-. The summed E-state index contributed by atoms with van der Waals surface area (Å²) in [4.78, 5) is 26.0. The Morgan fingerprint density at radius 2 is 2.00 bits per heavy atom. The zero-order valence-corrected chi connectivity index (χ0v) is 11.4. The number of aliphatic carboxylic acids is 1. The Morgan fingerprint density at radius 3 is 2.73 bits per heavy atom. The van der Waals surface area contributed by atoms with E-state index >= 15 is 0 Å². The fourth-order valence-electron chi connectivity index (χ4n) is 1.57. The van der Waals surface area contributed by atoms with Crippen molar-refractivity contribution in [1.29, 1.82) is 0 Å². The van der Waals surface area contributed by atoms with Crippen molar-refractivity contribution in [2.24, 2.45) is 5.10 Å². The van der Waals surface area contributed by atoms with Crippen LogP contribution in [-0.2, 0) is 4.79 Å². The van der Waals surface area contributed by atoms with Crippen LogP contribution < -0.4 is 15.3 Å². The lowest BCUT2D eigenvalue weighted by atomic mass is 10.2. The highest BCUT2D eigenvalue weighted by molar-refractivity contribution is 5.93. The fourth-order valence-corrected chi connectivity index (χ4v) is 1.57. The molecule has 7 heteroatoms. The number of aromatic nitrogens is 1. The molecule has 0 radical (unpaired) electrons. The van der Waals surface area contributed by atoms with Gasteiger partial charge in [0, 0.05) is 11.8 Å². The molecule has 0 fully saturated rings. The second kappa shape index (κ2) is 7.53. The van der Waals surface area contributed by atoms with Gasteiger partial charge in [0.15, 0.2) is 0 Å². The molecule has 0 aliphatic carbocycles. The van der Waals surface area contributed by atoms with Crippen molar-refractivity contribution in [3.8, 4) is 5.75 Å². The van der Waals surface area contributed by atoms with Crippen LogP contribution in [0.2, 0.25) is 0 Å². The summed E-state index contributed by atoms with van der Waals surface area (Å²) in [6, 6.07) is 11.6. The number of nitrogens with zero attached hydrogens (tertiary/aromatic N) is 2. The van der Waals surface area contributed by atoms with Crippen LogP contribution in [0.1, 0.15) is 16.1 Å². The van der Waals surface area contributed by atoms with Crippen LogP contribution in [0.4, 0.5) is 0 Å². The Balaban J connectivity index is 2.01. The number of hydrogen-bond acceptors (Lipinski definition) is 6. The van der Waals surface area contributed by atoms with E-state index in [0.717, 1.165) is 0 Å². The lowest BCUT2D eigenvalue weighted by Gasteiger charge is -2.08. The van der Waals surface area contributed by atoms with Crippen LogP contribution in [0.5, 0.6) is 5.75 Å². The quantitative estimate of drug-likeness (QED) is 0.596. The van der Waals surface area contributed by atoms with Crippen molar-refractivity contribution in [2.45, 2.75) is 0 Å². The van der Waals surface area contributed by atoms with Gasteiger partial charge in [0.2, 0.25) is 0 Å². The molecule has 2 aromatic rings. The van der Waals surface area contributed by atoms with Crippen molar-refractivity contribution < 1.29 is 19.4 Å². The minimum Gasteiger partial charge on any atom is -0.546 e. The Bertz CT molecular complexity index is 686. The lowest BCUT2D eigenvalue weighted by molar-refractivity contribution is -0.307. The third kappa shape index (κ3) is 4.41. The van der Waals surface area contributed by atoms with Crippen molar-refractivity contribution in [1.82, 2.24) is 10.4 Å². The summed E-state index contributed by atoms with van der Waals surface area (Å²) in [7, 11) is 0. The maximum Gasteiger partial charge on any atom is 0.289 e. The molecule has 0 saturated heterocycles. The number of hydrazone groups is 1. The molecule has 0 spiro atoms. The van der Waals surface area contributed by atoms with Gasteiger partial charge in [-0.2, -0.15) is 5.10 Å². The molecule has 0 aliphatic rings. The van der Waals surface area contributed by atoms with Gasteiger partial charge in [-0.15, -0.1) is 0 Å². The highest BCUT2D eigenvalue weighted by atomic mass is 16.5. The van der Waals surface area contributed by atoms with Crippen LogP contribution >= 0.6 is 0 Å². The number of carboxylic acids is 1. The molecule has 7 nitrogen and oxygen atoms in total. The van der Waals surface area contributed by atoms with E-state index in [1.165, 1.54) is 12.4 Å². The first-order chi connectivity index (χ1) is 10.7. The third-order valence-corrected chi connectivity index (χ3v) is 2.53. The lowest BCUT2D eigenvalue weighted by Crippen LogP contribution is -2.29. The van der Waals surface area contributed by atoms with E-state index in [0.29, 0.717) is 11.3 Å². The number of benzene rings is 1. The summed E-state index contributed by atoms with van der Waals surface area (Å²) in [6.07, 6.45) is 2.85. The van der Waals surface area contributed by atoms with Gasteiger partial charge in [0.1, 0.15) is 18.1 Å². The van der Waals surface area contributed by atoms with Crippen molar-refractivity contribution in [3.05, 3.63) is 59.9 Å². The predicted octanol–water partition coefficient (Wildman–Crippen LogP) is -0.0258. The monoisotopic (exact) mass is 298 g/mol. The van der Waals surface area contributed by atoms with Gasteiger partial charge in [-0.3, -0.25) is 9.78 Å². The van der Waals surface area contributed by atoms with Crippen molar-refractivity contribution in [2.75, 3.05) is 6.61 Å². The van der Waals surface area contributed by atoms with Crippen molar-refractivity contribution in [3.63, 3.8) is 0 Å². The molecule has 1 amide bonds. The predicted molar refractivity (Wildman–Crippen MR) is 76.2 cm³/mol. The van der Waals surface area contributed by atoms with Gasteiger partial charge in [-0.05, 0) is 24.3 Å². The van der Waals surface area contributed by atoms with Crippen molar-refractivity contribution >= 4 is 18.1 Å². The number of pyridine rings is 1. The fraction of sp³-hybridized carbons (Fsp3) is 0.0667. The van der Waals surface area contributed by atoms with E-state index in [1.807, 2.05) is 0 Å². The van der Waals surface area contributed by atoms with Crippen LogP contribution in [0.15, 0.2) is 53.8 Å². The Hall–Kier alpha value is -3.22. The van der Waals surface area contributed by atoms with E-state index in [-0.39, 0.29) is 5.69 Å². The van der Waals surface area contributed by atoms with E-state index in [9.17, 15) is 14.7 Å². The molecule has 1 N–H and O–H groups in total. The topological polar surface area (TPSA) is 104 Å². The Morgan fingerprint density at radius 1 is 1.23 bits per heavy atom. The molecule has 0 aliphatic heterocycles. The zero-order chi connectivity index (χ0) is 15.8. The highest BCUT2D eigenvalue weighted by Gasteiger charge is 2.04. The summed E-state index contributed by atoms with van der Waals surface area (Å²) < 4.78 is 5.06. The molecule has 0 atom stereocenters. The van der Waals surface area contributed by atoms with Crippen LogP contribution in [0.25, 0.3) is 0 Å². The molecular weight excluding hydrogens is 286 g/mol. The largest absolute Gasteiger partial charge is 0.546 e. The zero-order valence-electron chi connectivity index (χ0n) is 11.4. The first-order valence-electron chi connectivity index (χ1n) is 6.33. The second-order valence-corrected chi connectivity index (χ2v) is 4.11. The second-order valence-electron chi connectivity index (χ2n) is 4.11. The van der Waals surface area contributed by atoms with Gasteiger partial charge in [-0.1, -0.05) is 18.2 Å². The normalized spacial score (nSPS) is 10.4. The van der Waals surface area contributed by atoms with Gasteiger partial charge >= 0.3 is 0 Å². The number of carbonyl (C=O) groups is 2. The van der Waals surface area contributed by atoms with Gasteiger partial charge in [-0.25, -0.2) is 5.43 Å². The number of amides is 1. The number of hydrogen-bond donors (Lipinski definition) is 1.